The molecule has 1 aliphatic heterocycles. The van der Waals surface area contributed by atoms with Crippen molar-refractivity contribution in [2.45, 2.75) is 13.0 Å². The summed E-state index contributed by atoms with van der Waals surface area (Å²) in [6.07, 6.45) is 3.23. The molecule has 0 saturated carbocycles. The Morgan fingerprint density at radius 2 is 1.67 bits per heavy atom. The molecule has 4 nitrogen and oxygen atoms in total. The van der Waals surface area contributed by atoms with Gasteiger partial charge in [0.2, 0.25) is 5.90 Å². The summed E-state index contributed by atoms with van der Waals surface area (Å²) in [6.45, 7) is 5.87. The average Bonchev–Trinajstić information content (AvgIpc) is 3.14. The molecule has 4 heteroatoms. The molecule has 148 valence electrons. The summed E-state index contributed by atoms with van der Waals surface area (Å²) in [4.78, 5) is 16.5. The predicted octanol–water partition coefficient (Wildman–Crippen LogP) is 5.65. The maximum Gasteiger partial charge on any atom is 0.363 e. The second-order valence-corrected chi connectivity index (χ2v) is 6.96. The lowest BCUT2D eigenvalue weighted by Gasteiger charge is -2.16. The van der Waals surface area contributed by atoms with Crippen LogP contribution in [0.25, 0.3) is 6.08 Å². The van der Waals surface area contributed by atoms with E-state index in [0.717, 1.165) is 22.3 Å². The van der Waals surface area contributed by atoms with Gasteiger partial charge in [-0.3, -0.25) is 0 Å². The number of carbonyl (C=O) groups is 1. The quantitative estimate of drug-likeness (QED) is 0.308. The molecule has 0 aromatic heterocycles. The first-order valence-corrected chi connectivity index (χ1v) is 9.66. The number of rotatable bonds is 6. The summed E-state index contributed by atoms with van der Waals surface area (Å²) in [7, 11) is 0. The zero-order chi connectivity index (χ0) is 20.9. The smallest absolute Gasteiger partial charge is 0.363 e. The van der Waals surface area contributed by atoms with Crippen molar-refractivity contribution in [2.24, 2.45) is 4.99 Å². The molecule has 0 radical (unpaired) electrons. The second kappa shape index (κ2) is 8.62. The number of aliphatic imine (C=N–C) groups is 1. The maximum atomic E-state index is 12.2. The van der Waals surface area contributed by atoms with E-state index in [9.17, 15) is 4.79 Å². The van der Waals surface area contributed by atoms with Crippen LogP contribution in [-0.2, 0) is 9.53 Å². The van der Waals surface area contributed by atoms with Crippen LogP contribution in [0.5, 0.6) is 5.75 Å². The zero-order valence-corrected chi connectivity index (χ0v) is 16.6. The van der Waals surface area contributed by atoms with Crippen LogP contribution in [0.4, 0.5) is 0 Å². The van der Waals surface area contributed by atoms with E-state index in [1.807, 2.05) is 85.8 Å². The van der Waals surface area contributed by atoms with Crippen molar-refractivity contribution in [1.29, 1.82) is 0 Å². The van der Waals surface area contributed by atoms with Crippen molar-refractivity contribution in [1.82, 2.24) is 0 Å². The van der Waals surface area contributed by atoms with Gasteiger partial charge in [-0.15, -0.1) is 0 Å². The summed E-state index contributed by atoms with van der Waals surface area (Å²) in [6, 6.07) is 25.1. The third-order valence-electron chi connectivity index (χ3n) is 4.71. The van der Waals surface area contributed by atoms with Crippen LogP contribution in [0.15, 0.2) is 102 Å². The minimum Gasteiger partial charge on any atom is -0.482 e. The molecule has 3 aromatic rings. The van der Waals surface area contributed by atoms with Crippen molar-refractivity contribution < 1.29 is 14.3 Å². The minimum absolute atomic E-state index is 0.234. The molecule has 1 heterocycles. The Balaban J connectivity index is 1.50. The Labute approximate surface area is 175 Å². The standard InChI is InChI=1S/C26H21NO3/c1-3-24(20-7-5-4-6-8-20)29-22-15-11-19(12-16-22)17-23-26(28)30-25(27-23)21-13-9-18(2)10-14-21/h3-17,24H,1H2,2H3/b23-17-. The number of ether oxygens (including phenoxy) is 2. The van der Waals surface area contributed by atoms with Gasteiger partial charge in [0.05, 0.1) is 0 Å². The van der Waals surface area contributed by atoms with E-state index in [-0.39, 0.29) is 11.8 Å². The average molecular weight is 395 g/mol. The van der Waals surface area contributed by atoms with E-state index in [0.29, 0.717) is 11.6 Å². The van der Waals surface area contributed by atoms with Crippen molar-refractivity contribution in [3.63, 3.8) is 0 Å². The van der Waals surface area contributed by atoms with Crippen LogP contribution in [0, 0.1) is 6.92 Å². The Morgan fingerprint density at radius 1 is 0.967 bits per heavy atom. The fourth-order valence-corrected chi connectivity index (χ4v) is 3.07. The summed E-state index contributed by atoms with van der Waals surface area (Å²) in [5.74, 6) is 0.577. The lowest BCUT2D eigenvalue weighted by molar-refractivity contribution is -0.129. The molecule has 0 spiro atoms. The Kier molecular flexibility index (Phi) is 5.57. The van der Waals surface area contributed by atoms with Crippen molar-refractivity contribution in [2.75, 3.05) is 0 Å². The van der Waals surface area contributed by atoms with Crippen LogP contribution in [-0.4, -0.2) is 11.9 Å². The van der Waals surface area contributed by atoms with Gasteiger partial charge in [-0.1, -0.05) is 66.7 Å². The van der Waals surface area contributed by atoms with Crippen LogP contribution < -0.4 is 4.74 Å². The highest BCUT2D eigenvalue weighted by Gasteiger charge is 2.24. The van der Waals surface area contributed by atoms with Crippen LogP contribution in [0.3, 0.4) is 0 Å². The van der Waals surface area contributed by atoms with Crippen molar-refractivity contribution in [3.05, 3.63) is 119 Å². The van der Waals surface area contributed by atoms with Crippen LogP contribution in [0.2, 0.25) is 0 Å². The molecule has 1 atom stereocenters. The third-order valence-corrected chi connectivity index (χ3v) is 4.71. The highest BCUT2D eigenvalue weighted by atomic mass is 16.6. The van der Waals surface area contributed by atoms with E-state index in [1.54, 1.807) is 12.2 Å². The summed E-state index contributed by atoms with van der Waals surface area (Å²) in [5, 5.41) is 0. The molecule has 0 aliphatic carbocycles. The highest BCUT2D eigenvalue weighted by molar-refractivity contribution is 6.12. The first-order chi connectivity index (χ1) is 14.6. The van der Waals surface area contributed by atoms with E-state index < -0.39 is 5.97 Å². The second-order valence-electron chi connectivity index (χ2n) is 6.96. The Bertz CT molecular complexity index is 1110. The topological polar surface area (TPSA) is 47.9 Å². The lowest BCUT2D eigenvalue weighted by atomic mass is 10.1. The van der Waals surface area contributed by atoms with Gasteiger partial charge in [0.1, 0.15) is 11.9 Å². The van der Waals surface area contributed by atoms with Gasteiger partial charge in [-0.05, 0) is 54.5 Å². The van der Waals surface area contributed by atoms with E-state index in [1.165, 1.54) is 0 Å². The van der Waals surface area contributed by atoms with Gasteiger partial charge in [0, 0.05) is 5.56 Å². The normalized spacial score (nSPS) is 15.4. The molecule has 1 aliphatic rings. The van der Waals surface area contributed by atoms with Crippen LogP contribution >= 0.6 is 0 Å². The number of hydrogen-bond acceptors (Lipinski definition) is 4. The lowest BCUT2D eigenvalue weighted by Crippen LogP contribution is -2.05. The van der Waals surface area contributed by atoms with Gasteiger partial charge < -0.3 is 9.47 Å². The molecule has 0 bridgehead atoms. The molecular weight excluding hydrogens is 374 g/mol. The van der Waals surface area contributed by atoms with Crippen molar-refractivity contribution in [3.8, 4) is 5.75 Å². The van der Waals surface area contributed by atoms with Gasteiger partial charge in [-0.25, -0.2) is 9.79 Å². The Hall–Kier alpha value is -3.92. The SMILES string of the molecule is C=CC(Oc1ccc(/C=C2\N=C(c3ccc(C)cc3)OC2=O)cc1)c1ccccc1. The molecule has 0 N–H and O–H groups in total. The van der Waals surface area contributed by atoms with Gasteiger partial charge >= 0.3 is 5.97 Å². The molecule has 4 rings (SSSR count). The fourth-order valence-electron chi connectivity index (χ4n) is 3.07. The molecule has 1 unspecified atom stereocenters. The molecule has 0 saturated heterocycles. The molecule has 30 heavy (non-hydrogen) atoms. The predicted molar refractivity (Wildman–Crippen MR) is 118 cm³/mol. The van der Waals surface area contributed by atoms with Crippen molar-refractivity contribution >= 4 is 17.9 Å². The number of esters is 1. The van der Waals surface area contributed by atoms with Gasteiger partial charge in [0.25, 0.3) is 0 Å². The van der Waals surface area contributed by atoms with E-state index in [2.05, 4.69) is 11.6 Å². The summed E-state index contributed by atoms with van der Waals surface area (Å²) >= 11 is 0. The Morgan fingerprint density at radius 3 is 2.33 bits per heavy atom. The fraction of sp³-hybridized carbons (Fsp3) is 0.0769. The van der Waals surface area contributed by atoms with E-state index in [4.69, 9.17) is 9.47 Å². The highest BCUT2D eigenvalue weighted by Crippen LogP contribution is 2.25. The number of hydrogen-bond donors (Lipinski definition) is 0. The maximum absolute atomic E-state index is 12.2. The monoisotopic (exact) mass is 395 g/mol. The zero-order valence-electron chi connectivity index (χ0n) is 16.6. The first kappa shape index (κ1) is 19.4. The third kappa shape index (κ3) is 4.39. The molecule has 3 aromatic carbocycles. The molecule has 0 amide bonds. The van der Waals surface area contributed by atoms with E-state index >= 15 is 0 Å². The molecule has 0 fully saturated rings. The largest absolute Gasteiger partial charge is 0.482 e. The minimum atomic E-state index is -0.457. The van der Waals surface area contributed by atoms with Gasteiger partial charge in [-0.2, -0.15) is 0 Å². The first-order valence-electron chi connectivity index (χ1n) is 9.66. The number of aryl methyl sites for hydroxylation is 1. The van der Waals surface area contributed by atoms with Gasteiger partial charge in [0.15, 0.2) is 5.70 Å². The van der Waals surface area contributed by atoms with Crippen LogP contribution in [0.1, 0.15) is 28.4 Å². The molecular formula is C26H21NO3. The number of nitrogens with zero attached hydrogens (tertiary/aromatic N) is 1. The summed E-state index contributed by atoms with van der Waals surface area (Å²) < 4.78 is 11.3. The summed E-state index contributed by atoms with van der Waals surface area (Å²) in [5.41, 5.74) is 4.04. The number of carbonyl (C=O) groups excluding carboxylic acids is 1. The number of cyclic esters (lactones) is 1. The number of benzene rings is 3.